The van der Waals surface area contributed by atoms with Gasteiger partial charge in [-0.15, -0.1) is 5.10 Å². The first-order valence-corrected chi connectivity index (χ1v) is 9.18. The summed E-state index contributed by atoms with van der Waals surface area (Å²) < 4.78 is 2.74. The van der Waals surface area contributed by atoms with E-state index in [-0.39, 0.29) is 18.0 Å². The number of hydrogen-bond acceptors (Lipinski definition) is 5. The number of para-hydroxylation sites is 1. The Hall–Kier alpha value is -3.81. The van der Waals surface area contributed by atoms with Crippen LogP contribution in [0.1, 0.15) is 16.7 Å². The quantitative estimate of drug-likeness (QED) is 0.580. The van der Waals surface area contributed by atoms with Crippen molar-refractivity contribution >= 4 is 22.8 Å². The van der Waals surface area contributed by atoms with Crippen molar-refractivity contribution in [3.63, 3.8) is 0 Å². The number of nitrogens with zero attached hydrogens (tertiary/aromatic N) is 5. The number of nitrogens with one attached hydrogen (secondary N) is 1. The highest BCUT2D eigenvalue weighted by Crippen LogP contribution is 2.21. The van der Waals surface area contributed by atoms with Gasteiger partial charge in [-0.1, -0.05) is 41.1 Å². The van der Waals surface area contributed by atoms with Crippen molar-refractivity contribution < 1.29 is 4.79 Å². The van der Waals surface area contributed by atoms with Crippen molar-refractivity contribution in [2.45, 2.75) is 27.3 Å². The minimum atomic E-state index is -0.412. The highest BCUT2D eigenvalue weighted by molar-refractivity contribution is 5.92. The average molecular weight is 388 g/mol. The summed E-state index contributed by atoms with van der Waals surface area (Å²) in [5.41, 5.74) is 4.65. The Morgan fingerprint density at radius 1 is 1.07 bits per heavy atom. The third-order valence-corrected chi connectivity index (χ3v) is 4.69. The molecule has 29 heavy (non-hydrogen) atoms. The van der Waals surface area contributed by atoms with E-state index in [9.17, 15) is 9.59 Å². The third kappa shape index (κ3) is 3.52. The molecule has 8 nitrogen and oxygen atoms in total. The lowest BCUT2D eigenvalue weighted by molar-refractivity contribution is -0.116. The van der Waals surface area contributed by atoms with Crippen LogP contribution in [0.3, 0.4) is 0 Å². The monoisotopic (exact) mass is 388 g/mol. The second kappa shape index (κ2) is 7.31. The van der Waals surface area contributed by atoms with E-state index in [1.54, 1.807) is 0 Å². The number of carbonyl (C=O) groups excluding carboxylic acids is 1. The Labute approximate surface area is 166 Å². The van der Waals surface area contributed by atoms with Crippen molar-refractivity contribution in [2.24, 2.45) is 0 Å². The molecule has 0 aliphatic rings. The van der Waals surface area contributed by atoms with Gasteiger partial charge in [-0.3, -0.25) is 14.2 Å². The average Bonchev–Trinajstić information content (AvgIpc) is 3.12. The fourth-order valence-electron chi connectivity index (χ4n) is 3.41. The molecule has 0 saturated carbocycles. The van der Waals surface area contributed by atoms with Crippen molar-refractivity contribution in [1.29, 1.82) is 0 Å². The fraction of sp³-hybridized carbons (Fsp3) is 0.190. The van der Waals surface area contributed by atoms with Crippen LogP contribution in [0, 0.1) is 20.8 Å². The van der Waals surface area contributed by atoms with E-state index in [2.05, 4.69) is 20.6 Å². The van der Waals surface area contributed by atoms with Crippen LogP contribution in [0.15, 0.2) is 53.6 Å². The van der Waals surface area contributed by atoms with Gasteiger partial charge in [0.05, 0.1) is 5.69 Å². The molecule has 0 fully saturated rings. The van der Waals surface area contributed by atoms with Crippen molar-refractivity contribution in [2.75, 3.05) is 5.32 Å². The first-order chi connectivity index (χ1) is 13.9. The van der Waals surface area contributed by atoms with Gasteiger partial charge in [-0.05, 0) is 44.0 Å². The van der Waals surface area contributed by atoms with E-state index in [1.165, 1.54) is 15.6 Å². The zero-order valence-electron chi connectivity index (χ0n) is 16.4. The molecule has 4 aromatic rings. The number of fused-ring (bicyclic) bond motifs is 1. The minimum Gasteiger partial charge on any atom is -0.324 e. The highest BCUT2D eigenvalue weighted by Gasteiger charge is 2.15. The zero-order chi connectivity index (χ0) is 20.5. The van der Waals surface area contributed by atoms with Crippen molar-refractivity contribution in [1.82, 2.24) is 24.5 Å². The smallest absolute Gasteiger partial charge is 0.284 e. The van der Waals surface area contributed by atoms with E-state index < -0.39 is 5.56 Å². The predicted octanol–water partition coefficient (Wildman–Crippen LogP) is 2.54. The van der Waals surface area contributed by atoms with E-state index in [0.29, 0.717) is 5.65 Å². The van der Waals surface area contributed by atoms with E-state index in [1.807, 2.05) is 63.2 Å². The maximum Gasteiger partial charge on any atom is 0.284 e. The molecule has 0 aliphatic heterocycles. The predicted molar refractivity (Wildman–Crippen MR) is 110 cm³/mol. The van der Waals surface area contributed by atoms with Crippen LogP contribution in [0.5, 0.6) is 0 Å². The lowest BCUT2D eigenvalue weighted by Crippen LogP contribution is -2.28. The fourth-order valence-corrected chi connectivity index (χ4v) is 3.41. The van der Waals surface area contributed by atoms with Gasteiger partial charge >= 0.3 is 0 Å². The standard InChI is InChI=1S/C21H20N6O2/c1-13-9-14(2)18(15(3)10-13)23-17(28)11-26-12-22-20-19(21(26)29)24-25-27(20)16-7-5-4-6-8-16/h4-10,12H,11H2,1-3H3,(H,23,28). The molecule has 0 bridgehead atoms. The van der Waals surface area contributed by atoms with Gasteiger partial charge in [-0.2, -0.15) is 4.68 Å². The molecule has 1 N–H and O–H groups in total. The zero-order valence-corrected chi connectivity index (χ0v) is 16.4. The normalized spacial score (nSPS) is 11.0. The molecular formula is C21H20N6O2. The first-order valence-electron chi connectivity index (χ1n) is 9.18. The molecule has 1 amide bonds. The molecule has 2 aromatic heterocycles. The Kier molecular flexibility index (Phi) is 4.67. The summed E-state index contributed by atoms with van der Waals surface area (Å²) >= 11 is 0. The second-order valence-electron chi connectivity index (χ2n) is 7.01. The maximum atomic E-state index is 12.8. The summed E-state index contributed by atoms with van der Waals surface area (Å²) in [5.74, 6) is -0.307. The molecule has 2 aromatic carbocycles. The highest BCUT2D eigenvalue weighted by atomic mass is 16.2. The van der Waals surface area contributed by atoms with Gasteiger partial charge in [0.2, 0.25) is 5.91 Å². The Balaban J connectivity index is 1.62. The molecule has 0 spiro atoms. The van der Waals surface area contributed by atoms with Crippen LogP contribution in [-0.4, -0.2) is 30.5 Å². The number of amides is 1. The van der Waals surface area contributed by atoms with Gasteiger partial charge in [0.1, 0.15) is 12.9 Å². The molecule has 4 rings (SSSR count). The van der Waals surface area contributed by atoms with Crippen LogP contribution < -0.4 is 10.9 Å². The number of aryl methyl sites for hydroxylation is 3. The minimum absolute atomic E-state index is 0.117. The molecule has 8 heteroatoms. The number of anilines is 1. The van der Waals surface area contributed by atoms with Gasteiger partial charge in [0.25, 0.3) is 5.56 Å². The summed E-state index contributed by atoms with van der Waals surface area (Å²) in [6.45, 7) is 5.73. The number of rotatable bonds is 4. The summed E-state index contributed by atoms with van der Waals surface area (Å²) in [4.78, 5) is 29.6. The van der Waals surface area contributed by atoms with E-state index >= 15 is 0 Å². The van der Waals surface area contributed by atoms with Crippen LogP contribution in [0.25, 0.3) is 16.9 Å². The molecule has 0 atom stereocenters. The van der Waals surface area contributed by atoms with Gasteiger partial charge in [-0.25, -0.2) is 4.98 Å². The van der Waals surface area contributed by atoms with Gasteiger partial charge < -0.3 is 5.32 Å². The molecular weight excluding hydrogens is 368 g/mol. The maximum absolute atomic E-state index is 12.8. The Morgan fingerprint density at radius 2 is 1.76 bits per heavy atom. The molecule has 0 saturated heterocycles. The molecule has 0 aliphatic carbocycles. The SMILES string of the molecule is Cc1cc(C)c(NC(=O)Cn2cnc3c(nnn3-c3ccccc3)c2=O)c(C)c1. The second-order valence-corrected chi connectivity index (χ2v) is 7.01. The summed E-state index contributed by atoms with van der Waals surface area (Å²) in [6, 6.07) is 13.3. The lowest BCUT2D eigenvalue weighted by Gasteiger charge is -2.13. The van der Waals surface area contributed by atoms with Crippen LogP contribution in [-0.2, 0) is 11.3 Å². The van der Waals surface area contributed by atoms with E-state index in [4.69, 9.17) is 0 Å². The number of carbonyl (C=O) groups is 1. The number of hydrogen-bond donors (Lipinski definition) is 1. The Morgan fingerprint density at radius 3 is 2.45 bits per heavy atom. The molecule has 2 heterocycles. The van der Waals surface area contributed by atoms with Crippen molar-refractivity contribution in [3.05, 3.63) is 75.8 Å². The van der Waals surface area contributed by atoms with Crippen molar-refractivity contribution in [3.8, 4) is 5.69 Å². The van der Waals surface area contributed by atoms with Crippen LogP contribution in [0.2, 0.25) is 0 Å². The van der Waals surface area contributed by atoms with Gasteiger partial charge in [0, 0.05) is 5.69 Å². The summed E-state index contributed by atoms with van der Waals surface area (Å²) in [6.07, 6.45) is 1.35. The van der Waals surface area contributed by atoms with Crippen LogP contribution >= 0.6 is 0 Å². The third-order valence-electron chi connectivity index (χ3n) is 4.69. The lowest BCUT2D eigenvalue weighted by atomic mass is 10.1. The summed E-state index contributed by atoms with van der Waals surface area (Å²) in [5, 5.41) is 10.9. The molecule has 0 radical (unpaired) electrons. The first kappa shape index (κ1) is 18.5. The Bertz CT molecular complexity index is 1250. The number of aromatic nitrogens is 5. The topological polar surface area (TPSA) is 94.7 Å². The molecule has 0 unspecified atom stereocenters. The molecule has 146 valence electrons. The largest absolute Gasteiger partial charge is 0.324 e. The van der Waals surface area contributed by atoms with E-state index in [0.717, 1.165) is 28.1 Å². The van der Waals surface area contributed by atoms with Gasteiger partial charge in [0.15, 0.2) is 11.2 Å². The number of benzene rings is 2. The summed E-state index contributed by atoms with van der Waals surface area (Å²) in [7, 11) is 0. The van der Waals surface area contributed by atoms with Crippen LogP contribution in [0.4, 0.5) is 5.69 Å².